The molecule has 1 aliphatic heterocycles. The molecule has 11 heteroatoms. The van der Waals surface area contributed by atoms with Gasteiger partial charge in [0, 0.05) is 30.3 Å². The molecule has 0 fully saturated rings. The standard InChI is InChI=1S/C31H34N4O6S/c1-20(2)40-30(37)19-25(35-42(38,39)28-10-5-8-22-7-3-4-9-24(22)28)27-18-23-17-21(11-13-26(23)41-27)12-14-29(36)34-31-32-15-6-16-33-31/h3-5,7-11,13,17-18,20,25,35H,6,12,14-16,19H2,1-2H3,(H2,32,33,34,36). The van der Waals surface area contributed by atoms with Crippen LogP contribution in [0.2, 0.25) is 0 Å². The van der Waals surface area contributed by atoms with Crippen LogP contribution in [-0.2, 0) is 30.8 Å². The minimum Gasteiger partial charge on any atom is -0.463 e. The largest absolute Gasteiger partial charge is 0.463 e. The zero-order valence-corrected chi connectivity index (χ0v) is 24.4. The van der Waals surface area contributed by atoms with Gasteiger partial charge in [-0.15, -0.1) is 0 Å². The lowest BCUT2D eigenvalue weighted by Crippen LogP contribution is -2.43. The summed E-state index contributed by atoms with van der Waals surface area (Å²) in [6.45, 7) is 4.94. The zero-order chi connectivity index (χ0) is 29.7. The van der Waals surface area contributed by atoms with E-state index in [2.05, 4.69) is 20.3 Å². The van der Waals surface area contributed by atoms with Crippen LogP contribution in [0, 0.1) is 0 Å². The second kappa shape index (κ2) is 12.7. The maximum absolute atomic E-state index is 13.6. The van der Waals surface area contributed by atoms with E-state index in [9.17, 15) is 18.0 Å². The molecule has 1 aliphatic rings. The van der Waals surface area contributed by atoms with Gasteiger partial charge >= 0.3 is 5.97 Å². The Labute approximate surface area is 244 Å². The number of nitrogens with zero attached hydrogens (tertiary/aromatic N) is 1. The molecule has 5 rings (SSSR count). The van der Waals surface area contributed by atoms with Crippen LogP contribution in [0.4, 0.5) is 0 Å². The molecule has 4 aromatic rings. The molecule has 220 valence electrons. The normalized spacial score (nSPS) is 14.4. The van der Waals surface area contributed by atoms with Crippen LogP contribution in [0.25, 0.3) is 21.7 Å². The van der Waals surface area contributed by atoms with Crippen molar-refractivity contribution in [2.75, 3.05) is 13.1 Å². The third-order valence-electron chi connectivity index (χ3n) is 6.81. The fourth-order valence-electron chi connectivity index (χ4n) is 4.87. The summed E-state index contributed by atoms with van der Waals surface area (Å²) in [7, 11) is -4.06. The van der Waals surface area contributed by atoms with Gasteiger partial charge < -0.3 is 14.5 Å². The first-order valence-electron chi connectivity index (χ1n) is 14.0. The van der Waals surface area contributed by atoms with E-state index in [1.165, 1.54) is 6.07 Å². The summed E-state index contributed by atoms with van der Waals surface area (Å²) in [6.07, 6.45) is 1.09. The number of amides is 1. The molecule has 1 unspecified atom stereocenters. The maximum atomic E-state index is 13.6. The molecular formula is C31H34N4O6S. The number of nitrogens with one attached hydrogen (secondary N) is 3. The number of ether oxygens (including phenoxy) is 1. The van der Waals surface area contributed by atoms with E-state index < -0.39 is 22.0 Å². The fraction of sp³-hybridized carbons (Fsp3) is 0.323. The lowest BCUT2D eigenvalue weighted by Gasteiger charge is -2.18. The first-order chi connectivity index (χ1) is 20.2. The average Bonchev–Trinajstić information content (AvgIpc) is 3.39. The number of aryl methyl sites for hydroxylation is 1. The smallest absolute Gasteiger partial charge is 0.308 e. The second-order valence-corrected chi connectivity index (χ2v) is 12.2. The summed E-state index contributed by atoms with van der Waals surface area (Å²) in [6, 6.07) is 18.5. The van der Waals surface area contributed by atoms with E-state index in [4.69, 9.17) is 9.15 Å². The highest BCUT2D eigenvalue weighted by Crippen LogP contribution is 2.30. The van der Waals surface area contributed by atoms with E-state index in [1.807, 2.05) is 30.3 Å². The van der Waals surface area contributed by atoms with Crippen LogP contribution in [-0.4, -0.2) is 45.4 Å². The zero-order valence-electron chi connectivity index (χ0n) is 23.6. The average molecular weight is 591 g/mol. The molecule has 10 nitrogen and oxygen atoms in total. The van der Waals surface area contributed by atoms with Gasteiger partial charge in [-0.2, -0.15) is 4.72 Å². The molecule has 0 aliphatic carbocycles. The van der Waals surface area contributed by atoms with Crippen molar-refractivity contribution < 1.29 is 27.2 Å². The summed E-state index contributed by atoms with van der Waals surface area (Å²) >= 11 is 0. The number of furan rings is 1. The molecule has 0 saturated heterocycles. The van der Waals surface area contributed by atoms with Crippen molar-refractivity contribution in [3.8, 4) is 0 Å². The van der Waals surface area contributed by atoms with E-state index in [0.29, 0.717) is 29.9 Å². The number of carbonyl (C=O) groups excluding carboxylic acids is 2. The number of carbonyl (C=O) groups is 2. The predicted molar refractivity (Wildman–Crippen MR) is 160 cm³/mol. The molecule has 0 radical (unpaired) electrons. The SMILES string of the molecule is CC(C)OC(=O)CC(NS(=O)(=O)c1cccc2ccccc12)c1cc2cc(CCC(=O)NC3=NCCCN3)ccc2o1. The molecule has 0 bridgehead atoms. The van der Waals surface area contributed by atoms with Gasteiger partial charge in [0.2, 0.25) is 15.9 Å². The lowest BCUT2D eigenvalue weighted by atomic mass is 10.1. The minimum atomic E-state index is -4.06. The number of fused-ring (bicyclic) bond motifs is 2. The molecule has 42 heavy (non-hydrogen) atoms. The number of aliphatic imine (C=N–C) groups is 1. The van der Waals surface area contributed by atoms with E-state index in [1.54, 1.807) is 44.2 Å². The van der Waals surface area contributed by atoms with Crippen molar-refractivity contribution in [2.45, 2.75) is 56.6 Å². The highest BCUT2D eigenvalue weighted by Gasteiger charge is 2.28. The maximum Gasteiger partial charge on any atom is 0.308 e. The van der Waals surface area contributed by atoms with Gasteiger partial charge in [-0.05, 0) is 61.9 Å². The Morgan fingerprint density at radius 1 is 1.05 bits per heavy atom. The number of esters is 1. The Kier molecular flexibility index (Phi) is 8.89. The molecule has 2 heterocycles. The first kappa shape index (κ1) is 29.3. The van der Waals surface area contributed by atoms with Crippen molar-refractivity contribution in [2.24, 2.45) is 4.99 Å². The molecule has 1 amide bonds. The summed E-state index contributed by atoms with van der Waals surface area (Å²) in [4.78, 5) is 29.4. The van der Waals surface area contributed by atoms with Crippen molar-refractivity contribution in [1.82, 2.24) is 15.4 Å². The van der Waals surface area contributed by atoms with E-state index in [-0.39, 0.29) is 35.5 Å². The topological polar surface area (TPSA) is 139 Å². The van der Waals surface area contributed by atoms with Crippen LogP contribution < -0.4 is 15.4 Å². The van der Waals surface area contributed by atoms with Gasteiger partial charge in [-0.25, -0.2) is 8.42 Å². The minimum absolute atomic E-state index is 0.105. The Bertz CT molecular complexity index is 1740. The van der Waals surface area contributed by atoms with Gasteiger partial charge in [0.15, 0.2) is 5.96 Å². The molecule has 3 N–H and O–H groups in total. The highest BCUT2D eigenvalue weighted by atomic mass is 32.2. The molecular weight excluding hydrogens is 556 g/mol. The number of rotatable bonds is 10. The molecule has 3 aromatic carbocycles. The van der Waals surface area contributed by atoms with Crippen LogP contribution in [0.1, 0.15) is 50.5 Å². The van der Waals surface area contributed by atoms with Crippen molar-refractivity contribution >= 4 is 49.6 Å². The van der Waals surface area contributed by atoms with Gasteiger partial charge in [0.25, 0.3) is 0 Å². The number of benzene rings is 3. The molecule has 0 spiro atoms. The van der Waals surface area contributed by atoms with Gasteiger partial charge in [0.1, 0.15) is 11.3 Å². The quantitative estimate of drug-likeness (QED) is 0.234. The number of hydrogen-bond donors (Lipinski definition) is 3. The monoisotopic (exact) mass is 590 g/mol. The highest BCUT2D eigenvalue weighted by molar-refractivity contribution is 7.89. The molecule has 1 aromatic heterocycles. The Morgan fingerprint density at radius 2 is 1.86 bits per heavy atom. The molecule has 1 atom stereocenters. The van der Waals surface area contributed by atoms with Crippen LogP contribution >= 0.6 is 0 Å². The third-order valence-corrected chi connectivity index (χ3v) is 8.34. The summed E-state index contributed by atoms with van der Waals surface area (Å²) in [5.41, 5.74) is 1.45. The fourth-order valence-corrected chi connectivity index (χ4v) is 6.30. The second-order valence-electron chi connectivity index (χ2n) is 10.5. The van der Waals surface area contributed by atoms with Gasteiger partial charge in [-0.3, -0.25) is 19.9 Å². The Hall–Kier alpha value is -4.22. The Balaban J connectivity index is 1.37. The van der Waals surface area contributed by atoms with Crippen LogP contribution in [0.5, 0.6) is 0 Å². The van der Waals surface area contributed by atoms with E-state index >= 15 is 0 Å². The van der Waals surface area contributed by atoms with Gasteiger partial charge in [-0.1, -0.05) is 42.5 Å². The predicted octanol–water partition coefficient (Wildman–Crippen LogP) is 4.35. The first-order valence-corrected chi connectivity index (χ1v) is 15.5. The number of guanidine groups is 1. The summed E-state index contributed by atoms with van der Waals surface area (Å²) < 4.78 is 41.3. The van der Waals surface area contributed by atoms with Crippen molar-refractivity contribution in [3.05, 3.63) is 78.1 Å². The van der Waals surface area contributed by atoms with Gasteiger partial charge in [0.05, 0.1) is 23.5 Å². The lowest BCUT2D eigenvalue weighted by molar-refractivity contribution is -0.148. The van der Waals surface area contributed by atoms with Crippen molar-refractivity contribution in [1.29, 1.82) is 0 Å². The number of hydrogen-bond acceptors (Lipinski definition) is 8. The summed E-state index contributed by atoms with van der Waals surface area (Å²) in [5, 5.41) is 7.95. The molecule has 0 saturated carbocycles. The van der Waals surface area contributed by atoms with Crippen LogP contribution in [0.15, 0.2) is 81.0 Å². The van der Waals surface area contributed by atoms with Crippen molar-refractivity contribution in [3.63, 3.8) is 0 Å². The van der Waals surface area contributed by atoms with Crippen LogP contribution in [0.3, 0.4) is 0 Å². The van der Waals surface area contributed by atoms with E-state index in [0.717, 1.165) is 29.3 Å². The summed E-state index contributed by atoms with van der Waals surface area (Å²) in [5.74, 6) is 0.0995. The number of sulfonamides is 1. The Morgan fingerprint density at radius 3 is 2.64 bits per heavy atom. The third kappa shape index (κ3) is 7.15.